The largest absolute Gasteiger partial charge is 0.381 e. The molecule has 2 aliphatic rings. The predicted molar refractivity (Wildman–Crippen MR) is 111 cm³/mol. The van der Waals surface area contributed by atoms with Gasteiger partial charge in [-0.2, -0.15) is 0 Å². The molecule has 0 atom stereocenters. The molecule has 0 spiro atoms. The zero-order chi connectivity index (χ0) is 18.6. The van der Waals surface area contributed by atoms with Gasteiger partial charge in [-0.3, -0.25) is 4.99 Å². The number of hydrogen-bond acceptors (Lipinski definition) is 3. The smallest absolute Gasteiger partial charge is 0.193 e. The quantitative estimate of drug-likeness (QED) is 0.386. The van der Waals surface area contributed by atoms with Crippen molar-refractivity contribution in [1.29, 1.82) is 0 Å². The summed E-state index contributed by atoms with van der Waals surface area (Å²) in [5.41, 5.74) is 0. The van der Waals surface area contributed by atoms with Gasteiger partial charge < -0.3 is 19.9 Å². The molecule has 26 heavy (non-hydrogen) atoms. The molecule has 1 N–H and O–H groups in total. The maximum Gasteiger partial charge on any atom is 0.193 e. The van der Waals surface area contributed by atoms with Crippen LogP contribution in [0.3, 0.4) is 0 Å². The maximum atomic E-state index is 5.47. The van der Waals surface area contributed by atoms with Crippen LogP contribution in [-0.4, -0.2) is 75.3 Å². The Bertz CT molecular complexity index is 389. The minimum atomic E-state index is 0.808. The second-order valence-electron chi connectivity index (χ2n) is 8.13. The molecule has 2 rings (SSSR count). The highest BCUT2D eigenvalue weighted by atomic mass is 16.5. The van der Waals surface area contributed by atoms with Gasteiger partial charge in [0.1, 0.15) is 0 Å². The Balaban J connectivity index is 1.68. The summed E-state index contributed by atoms with van der Waals surface area (Å²) in [5.74, 6) is 1.89. The monoisotopic (exact) mass is 366 g/mol. The minimum Gasteiger partial charge on any atom is -0.381 e. The molecule has 1 heterocycles. The predicted octanol–water partition coefficient (Wildman–Crippen LogP) is 3.36. The Hall–Kier alpha value is -0.810. The van der Waals surface area contributed by atoms with Crippen molar-refractivity contribution in [1.82, 2.24) is 15.1 Å². The summed E-state index contributed by atoms with van der Waals surface area (Å²) >= 11 is 0. The first-order valence-electron chi connectivity index (χ1n) is 11.0. The normalized spacial score (nSPS) is 20.5. The summed E-state index contributed by atoms with van der Waals surface area (Å²) in [6, 6.07) is 0.808. The first kappa shape index (κ1) is 21.5. The van der Waals surface area contributed by atoms with Gasteiger partial charge in [-0.05, 0) is 65.0 Å². The van der Waals surface area contributed by atoms with E-state index in [1.54, 1.807) is 0 Å². The Morgan fingerprint density at radius 1 is 1.04 bits per heavy atom. The molecule has 1 aliphatic carbocycles. The van der Waals surface area contributed by atoms with Crippen molar-refractivity contribution in [2.75, 3.05) is 53.5 Å². The van der Waals surface area contributed by atoms with E-state index in [1.807, 2.05) is 0 Å². The van der Waals surface area contributed by atoms with Crippen molar-refractivity contribution >= 4 is 5.96 Å². The fourth-order valence-corrected chi connectivity index (χ4v) is 4.20. The van der Waals surface area contributed by atoms with Crippen LogP contribution in [0, 0.1) is 5.92 Å². The highest BCUT2D eigenvalue weighted by Crippen LogP contribution is 2.21. The highest BCUT2D eigenvalue weighted by Gasteiger charge is 2.17. The number of nitrogens with zero attached hydrogens (tertiary/aromatic N) is 3. The third-order valence-corrected chi connectivity index (χ3v) is 6.04. The van der Waals surface area contributed by atoms with Crippen LogP contribution in [0.2, 0.25) is 0 Å². The van der Waals surface area contributed by atoms with Crippen LogP contribution in [0.5, 0.6) is 0 Å². The third-order valence-electron chi connectivity index (χ3n) is 6.04. The lowest BCUT2D eigenvalue weighted by Crippen LogP contribution is -2.40. The van der Waals surface area contributed by atoms with Gasteiger partial charge in [0, 0.05) is 45.9 Å². The fourth-order valence-electron chi connectivity index (χ4n) is 4.20. The Morgan fingerprint density at radius 3 is 2.46 bits per heavy atom. The molecule has 152 valence electrons. The number of hydrogen-bond donors (Lipinski definition) is 1. The van der Waals surface area contributed by atoms with Gasteiger partial charge in [0.2, 0.25) is 0 Å². The van der Waals surface area contributed by atoms with E-state index >= 15 is 0 Å². The van der Waals surface area contributed by atoms with E-state index in [-0.39, 0.29) is 0 Å². The van der Waals surface area contributed by atoms with Gasteiger partial charge in [0.15, 0.2) is 5.96 Å². The van der Waals surface area contributed by atoms with Crippen LogP contribution in [-0.2, 0) is 4.74 Å². The molecule has 1 saturated carbocycles. The van der Waals surface area contributed by atoms with Crippen molar-refractivity contribution in [3.63, 3.8) is 0 Å². The Labute approximate surface area is 161 Å². The van der Waals surface area contributed by atoms with Crippen LogP contribution < -0.4 is 5.32 Å². The number of aliphatic imine (C=N–C) groups is 1. The standard InChI is InChI=1S/C21H42N4O/c1-4-22-21(25(3)16-11-19-12-17-26-18-13-19)23-14-8-15-24(2)20-9-6-5-7-10-20/h19-20H,4-18H2,1-3H3,(H,22,23). The summed E-state index contributed by atoms with van der Waals surface area (Å²) in [6.45, 7) is 8.13. The molecule has 0 radical (unpaired) electrons. The summed E-state index contributed by atoms with van der Waals surface area (Å²) < 4.78 is 5.47. The van der Waals surface area contributed by atoms with E-state index in [1.165, 1.54) is 57.9 Å². The van der Waals surface area contributed by atoms with E-state index in [4.69, 9.17) is 9.73 Å². The van der Waals surface area contributed by atoms with Crippen molar-refractivity contribution in [2.24, 2.45) is 10.9 Å². The molecule has 5 nitrogen and oxygen atoms in total. The van der Waals surface area contributed by atoms with Crippen LogP contribution in [0.15, 0.2) is 4.99 Å². The molecular formula is C21H42N4O. The zero-order valence-corrected chi connectivity index (χ0v) is 17.5. The van der Waals surface area contributed by atoms with Crippen molar-refractivity contribution in [3.8, 4) is 0 Å². The van der Waals surface area contributed by atoms with E-state index in [0.717, 1.165) is 57.2 Å². The minimum absolute atomic E-state index is 0.808. The molecule has 1 saturated heterocycles. The van der Waals surface area contributed by atoms with Gasteiger partial charge in [-0.15, -0.1) is 0 Å². The molecule has 1 aliphatic heterocycles. The molecular weight excluding hydrogens is 324 g/mol. The highest BCUT2D eigenvalue weighted by molar-refractivity contribution is 5.79. The molecule has 5 heteroatoms. The molecule has 0 aromatic heterocycles. The van der Waals surface area contributed by atoms with Crippen LogP contribution in [0.25, 0.3) is 0 Å². The van der Waals surface area contributed by atoms with Gasteiger partial charge in [0.05, 0.1) is 0 Å². The van der Waals surface area contributed by atoms with Crippen molar-refractivity contribution < 1.29 is 4.74 Å². The Morgan fingerprint density at radius 2 is 1.77 bits per heavy atom. The second-order valence-corrected chi connectivity index (χ2v) is 8.13. The molecule has 0 aromatic carbocycles. The maximum absolute atomic E-state index is 5.47. The summed E-state index contributed by atoms with van der Waals surface area (Å²) in [5, 5.41) is 3.46. The second kappa shape index (κ2) is 12.6. The van der Waals surface area contributed by atoms with E-state index in [0.29, 0.717) is 0 Å². The SMILES string of the molecule is CCNC(=NCCCN(C)C1CCCCC1)N(C)CCC1CCOCC1. The first-order chi connectivity index (χ1) is 12.7. The topological polar surface area (TPSA) is 40.1 Å². The third kappa shape index (κ3) is 7.83. The van der Waals surface area contributed by atoms with Gasteiger partial charge in [-0.25, -0.2) is 0 Å². The summed E-state index contributed by atoms with van der Waals surface area (Å²) in [4.78, 5) is 9.75. The average Bonchev–Trinajstić information content (AvgIpc) is 2.69. The van der Waals surface area contributed by atoms with Crippen molar-refractivity contribution in [3.05, 3.63) is 0 Å². The van der Waals surface area contributed by atoms with E-state index in [2.05, 4.69) is 36.1 Å². The van der Waals surface area contributed by atoms with E-state index < -0.39 is 0 Å². The van der Waals surface area contributed by atoms with Crippen molar-refractivity contribution in [2.45, 2.75) is 70.8 Å². The lowest BCUT2D eigenvalue weighted by atomic mass is 9.94. The lowest BCUT2D eigenvalue weighted by Gasteiger charge is -2.31. The number of nitrogens with one attached hydrogen (secondary N) is 1. The number of rotatable bonds is 9. The van der Waals surface area contributed by atoms with Gasteiger partial charge in [-0.1, -0.05) is 19.3 Å². The van der Waals surface area contributed by atoms with Gasteiger partial charge >= 0.3 is 0 Å². The van der Waals surface area contributed by atoms with Crippen LogP contribution >= 0.6 is 0 Å². The first-order valence-corrected chi connectivity index (χ1v) is 11.0. The average molecular weight is 367 g/mol. The van der Waals surface area contributed by atoms with E-state index in [9.17, 15) is 0 Å². The lowest BCUT2D eigenvalue weighted by molar-refractivity contribution is 0.0625. The summed E-state index contributed by atoms with van der Waals surface area (Å²) in [6.07, 6.45) is 11.9. The number of ether oxygens (including phenoxy) is 1. The zero-order valence-electron chi connectivity index (χ0n) is 17.5. The van der Waals surface area contributed by atoms with Gasteiger partial charge in [0.25, 0.3) is 0 Å². The Kier molecular flexibility index (Phi) is 10.4. The fraction of sp³-hybridized carbons (Fsp3) is 0.952. The summed E-state index contributed by atoms with van der Waals surface area (Å²) in [7, 11) is 4.47. The number of guanidine groups is 1. The molecule has 0 amide bonds. The molecule has 0 aromatic rings. The molecule has 2 fully saturated rings. The molecule has 0 unspecified atom stereocenters. The molecule has 0 bridgehead atoms. The van der Waals surface area contributed by atoms with Crippen LogP contribution in [0.4, 0.5) is 0 Å². The van der Waals surface area contributed by atoms with Crippen LogP contribution in [0.1, 0.15) is 64.7 Å².